The first-order chi connectivity index (χ1) is 15.9. The second kappa shape index (κ2) is 10.0. The molecule has 168 valence electrons. The van der Waals surface area contributed by atoms with Gasteiger partial charge in [-0.05, 0) is 48.9 Å². The maximum absolute atomic E-state index is 10.9. The first kappa shape index (κ1) is 22.8. The molecule has 1 aromatic heterocycles. The first-order valence-electron chi connectivity index (χ1n) is 10.6. The summed E-state index contributed by atoms with van der Waals surface area (Å²) in [5.74, 6) is -0.777. The van der Waals surface area contributed by atoms with Crippen LogP contribution in [0.15, 0.2) is 76.2 Å². The van der Waals surface area contributed by atoms with Crippen molar-refractivity contribution in [1.29, 1.82) is 0 Å². The van der Waals surface area contributed by atoms with E-state index in [1.165, 1.54) is 0 Å². The number of nitrogens with zero attached hydrogens (tertiary/aromatic N) is 1. The highest BCUT2D eigenvalue weighted by Crippen LogP contribution is 2.33. The third-order valence-electron chi connectivity index (χ3n) is 5.36. The van der Waals surface area contributed by atoms with Gasteiger partial charge in [0.05, 0.1) is 22.5 Å². The van der Waals surface area contributed by atoms with Crippen LogP contribution >= 0.6 is 15.9 Å². The number of benzene rings is 3. The van der Waals surface area contributed by atoms with E-state index in [9.17, 15) is 9.90 Å². The summed E-state index contributed by atoms with van der Waals surface area (Å²) < 4.78 is 0.906. The average Bonchev–Trinajstić information content (AvgIpc) is 3.11. The molecule has 7 heteroatoms. The number of H-pyrrole nitrogens is 1. The molecule has 0 fully saturated rings. The smallest absolute Gasteiger partial charge is 0.303 e. The highest BCUT2D eigenvalue weighted by atomic mass is 79.9. The Balaban J connectivity index is 1.84. The van der Waals surface area contributed by atoms with Crippen LogP contribution in [0.1, 0.15) is 28.7 Å². The number of carboxylic acid groups (broad SMARTS) is 1. The van der Waals surface area contributed by atoms with Crippen molar-refractivity contribution in [2.45, 2.75) is 19.4 Å². The van der Waals surface area contributed by atoms with Crippen LogP contribution in [0.3, 0.4) is 0 Å². The lowest BCUT2D eigenvalue weighted by atomic mass is 9.98. The van der Waals surface area contributed by atoms with Crippen LogP contribution in [-0.2, 0) is 17.8 Å². The van der Waals surface area contributed by atoms with E-state index < -0.39 is 5.97 Å². The van der Waals surface area contributed by atoms with E-state index in [4.69, 9.17) is 10.1 Å². The molecule has 0 aliphatic rings. The fourth-order valence-electron chi connectivity index (χ4n) is 3.81. The van der Waals surface area contributed by atoms with Crippen LogP contribution in [-0.4, -0.2) is 33.9 Å². The number of aromatic hydroxyl groups is 1. The normalized spacial score (nSPS) is 11.8. The minimum Gasteiger partial charge on any atom is -0.494 e. The molecule has 1 heterocycles. The Morgan fingerprint density at radius 3 is 2.58 bits per heavy atom. The molecule has 0 amide bonds. The lowest BCUT2D eigenvalue weighted by Crippen LogP contribution is -2.05. The summed E-state index contributed by atoms with van der Waals surface area (Å²) in [6, 6.07) is 21.4. The van der Waals surface area contributed by atoms with E-state index in [1.54, 1.807) is 0 Å². The molecule has 0 atom stereocenters. The summed E-state index contributed by atoms with van der Waals surface area (Å²) in [6.45, 7) is 0.726. The largest absolute Gasteiger partial charge is 0.494 e. The van der Waals surface area contributed by atoms with Gasteiger partial charge in [-0.3, -0.25) is 4.79 Å². The number of aryl methyl sites for hydroxylation is 1. The zero-order valence-electron chi connectivity index (χ0n) is 18.1. The molecule has 0 bridgehead atoms. The molecule has 0 radical (unpaired) electrons. The number of hydrogen-bond acceptors (Lipinski definition) is 4. The molecule has 0 spiro atoms. The molecule has 3 aromatic carbocycles. The molecule has 0 saturated carbocycles. The molecule has 4 aromatic rings. The van der Waals surface area contributed by atoms with Crippen LogP contribution in [0.4, 0.5) is 5.69 Å². The quantitative estimate of drug-likeness (QED) is 0.236. The summed E-state index contributed by atoms with van der Waals surface area (Å²) in [7, 11) is 1.90. The number of aromatic amines is 1. The maximum atomic E-state index is 10.9. The van der Waals surface area contributed by atoms with Gasteiger partial charge in [0.1, 0.15) is 0 Å². The zero-order chi connectivity index (χ0) is 23.4. The number of aliphatic imine (C=N–C) groups is 1. The average molecular weight is 506 g/mol. The number of carbonyl (C=O) groups is 1. The number of carboxylic acids is 1. The van der Waals surface area contributed by atoms with Gasteiger partial charge >= 0.3 is 5.97 Å². The fraction of sp³-hybridized carbons (Fsp3) is 0.154. The molecule has 4 N–H and O–H groups in total. The van der Waals surface area contributed by atoms with Crippen molar-refractivity contribution in [2.75, 3.05) is 7.05 Å². The number of rotatable bonds is 8. The van der Waals surface area contributed by atoms with Gasteiger partial charge in [0.2, 0.25) is 0 Å². The third-order valence-corrected chi connectivity index (χ3v) is 5.86. The second-order valence-corrected chi connectivity index (χ2v) is 8.71. The molecule has 0 unspecified atom stereocenters. The summed E-state index contributed by atoms with van der Waals surface area (Å²) in [4.78, 5) is 18.9. The SMILES string of the molecule is CNCc1cccc(N=C(c2ccc(CCC(=O)O)cc2)c2c(O)[nH]c3cc(Br)ccc23)c1. The Labute approximate surface area is 200 Å². The van der Waals surface area contributed by atoms with E-state index >= 15 is 0 Å². The minimum absolute atomic E-state index is 0.0446. The Morgan fingerprint density at radius 2 is 1.85 bits per heavy atom. The van der Waals surface area contributed by atoms with Crippen molar-refractivity contribution in [3.8, 4) is 5.88 Å². The van der Waals surface area contributed by atoms with E-state index in [2.05, 4.69) is 26.2 Å². The van der Waals surface area contributed by atoms with Gasteiger partial charge in [-0.25, -0.2) is 4.99 Å². The van der Waals surface area contributed by atoms with E-state index in [-0.39, 0.29) is 12.3 Å². The third kappa shape index (κ3) is 5.32. The van der Waals surface area contributed by atoms with Crippen LogP contribution in [0.5, 0.6) is 5.88 Å². The van der Waals surface area contributed by atoms with Crippen molar-refractivity contribution < 1.29 is 15.0 Å². The number of nitrogens with one attached hydrogen (secondary N) is 2. The maximum Gasteiger partial charge on any atom is 0.303 e. The van der Waals surface area contributed by atoms with E-state index in [1.807, 2.05) is 73.8 Å². The number of hydrogen-bond donors (Lipinski definition) is 4. The lowest BCUT2D eigenvalue weighted by Gasteiger charge is -2.10. The molecule has 6 nitrogen and oxygen atoms in total. The highest BCUT2D eigenvalue weighted by molar-refractivity contribution is 9.10. The highest BCUT2D eigenvalue weighted by Gasteiger charge is 2.19. The molecule has 0 aliphatic carbocycles. The molecule has 0 aliphatic heterocycles. The number of aliphatic carboxylic acids is 1. The lowest BCUT2D eigenvalue weighted by molar-refractivity contribution is -0.136. The molecule has 0 saturated heterocycles. The summed E-state index contributed by atoms with van der Waals surface area (Å²) >= 11 is 3.48. The van der Waals surface area contributed by atoms with Crippen molar-refractivity contribution in [3.63, 3.8) is 0 Å². The Kier molecular flexibility index (Phi) is 6.91. The van der Waals surface area contributed by atoms with Crippen molar-refractivity contribution in [1.82, 2.24) is 10.3 Å². The summed E-state index contributed by atoms with van der Waals surface area (Å²) in [5, 5.41) is 23.8. The van der Waals surface area contributed by atoms with Gasteiger partial charge in [-0.2, -0.15) is 0 Å². The molecular formula is C26H24BrN3O3. The van der Waals surface area contributed by atoms with Crippen LogP contribution < -0.4 is 5.32 Å². The predicted octanol–water partition coefficient (Wildman–Crippen LogP) is 5.54. The van der Waals surface area contributed by atoms with Crippen molar-refractivity contribution >= 4 is 44.2 Å². The molecule has 33 heavy (non-hydrogen) atoms. The van der Waals surface area contributed by atoms with Gasteiger partial charge in [-0.15, -0.1) is 0 Å². The van der Waals surface area contributed by atoms with Crippen LogP contribution in [0.2, 0.25) is 0 Å². The first-order valence-corrected chi connectivity index (χ1v) is 11.4. The fourth-order valence-corrected chi connectivity index (χ4v) is 4.17. The second-order valence-electron chi connectivity index (χ2n) is 7.79. The van der Waals surface area contributed by atoms with Crippen LogP contribution in [0, 0.1) is 0 Å². The Hall–Kier alpha value is -3.42. The standard InChI is InChI=1S/C26H24BrN3O3/c1-28-15-17-3-2-4-20(13-17)29-25(18-8-5-16(6-9-18)7-12-23(31)32)24-21-11-10-19(27)14-22(21)30-26(24)33/h2-6,8-11,13-14,28,30,33H,7,12,15H2,1H3,(H,31,32). The number of halogens is 1. The van der Waals surface area contributed by atoms with Gasteiger partial charge in [0.15, 0.2) is 5.88 Å². The van der Waals surface area contributed by atoms with Gasteiger partial charge in [0, 0.05) is 28.4 Å². The number of aromatic nitrogens is 1. The van der Waals surface area contributed by atoms with Gasteiger partial charge in [0.25, 0.3) is 0 Å². The zero-order valence-corrected chi connectivity index (χ0v) is 19.7. The monoisotopic (exact) mass is 505 g/mol. The van der Waals surface area contributed by atoms with Crippen molar-refractivity contribution in [3.05, 3.63) is 93.5 Å². The van der Waals surface area contributed by atoms with Crippen LogP contribution in [0.25, 0.3) is 10.9 Å². The van der Waals surface area contributed by atoms with Gasteiger partial charge in [-0.1, -0.05) is 58.4 Å². The minimum atomic E-state index is -0.822. The Bertz CT molecular complexity index is 1330. The Morgan fingerprint density at radius 1 is 1.06 bits per heavy atom. The summed E-state index contributed by atoms with van der Waals surface area (Å²) in [6.07, 6.45) is 0.539. The molecule has 4 rings (SSSR count). The van der Waals surface area contributed by atoms with Gasteiger partial charge < -0.3 is 20.5 Å². The predicted molar refractivity (Wildman–Crippen MR) is 135 cm³/mol. The molecular weight excluding hydrogens is 482 g/mol. The van der Waals surface area contributed by atoms with E-state index in [0.29, 0.717) is 17.7 Å². The topological polar surface area (TPSA) is 97.7 Å². The van der Waals surface area contributed by atoms with E-state index in [0.717, 1.165) is 44.3 Å². The number of fused-ring (bicyclic) bond motifs is 1. The summed E-state index contributed by atoms with van der Waals surface area (Å²) in [5.41, 5.74) is 5.69. The van der Waals surface area contributed by atoms with Crippen molar-refractivity contribution in [2.24, 2.45) is 4.99 Å².